The first kappa shape index (κ1) is 13.9. The molecule has 0 atom stereocenters. The first-order valence-electron chi connectivity index (χ1n) is 6.62. The summed E-state index contributed by atoms with van der Waals surface area (Å²) in [7, 11) is 0. The van der Waals surface area contributed by atoms with Gasteiger partial charge < -0.3 is 10.6 Å². The number of nitrogens with zero attached hydrogens (tertiary/aromatic N) is 3. The lowest BCUT2D eigenvalue weighted by atomic mass is 10.3. The fourth-order valence-corrected chi connectivity index (χ4v) is 3.87. The Morgan fingerprint density at radius 2 is 2.05 bits per heavy atom. The lowest BCUT2D eigenvalue weighted by Gasteiger charge is -2.35. The van der Waals surface area contributed by atoms with Crippen LogP contribution in [-0.2, 0) is 6.54 Å². The zero-order chi connectivity index (χ0) is 13.9. The predicted octanol–water partition coefficient (Wildman–Crippen LogP) is 2.81. The topological polar surface area (TPSA) is 45.4 Å². The summed E-state index contributed by atoms with van der Waals surface area (Å²) >= 11 is 5.32. The Morgan fingerprint density at radius 3 is 2.65 bits per heavy atom. The van der Waals surface area contributed by atoms with Crippen molar-refractivity contribution < 1.29 is 0 Å². The summed E-state index contributed by atoms with van der Waals surface area (Å²) in [6, 6.07) is 6.12. The number of thiophene rings is 1. The molecule has 0 saturated carbocycles. The second-order valence-electron chi connectivity index (χ2n) is 4.94. The largest absolute Gasteiger partial charge is 0.397 e. The Morgan fingerprint density at radius 1 is 1.25 bits per heavy atom. The molecule has 2 N–H and O–H groups in total. The van der Waals surface area contributed by atoms with Crippen LogP contribution in [0.5, 0.6) is 0 Å². The van der Waals surface area contributed by atoms with Crippen molar-refractivity contribution in [1.29, 1.82) is 0 Å². The van der Waals surface area contributed by atoms with Crippen LogP contribution >= 0.6 is 27.3 Å². The van der Waals surface area contributed by atoms with Crippen LogP contribution in [0, 0.1) is 0 Å². The van der Waals surface area contributed by atoms with Crippen molar-refractivity contribution >= 4 is 38.8 Å². The fourth-order valence-electron chi connectivity index (χ4n) is 2.38. The summed E-state index contributed by atoms with van der Waals surface area (Å²) in [6.45, 7) is 5.22. The Balaban J connectivity index is 1.55. The molecule has 1 aliphatic rings. The van der Waals surface area contributed by atoms with Gasteiger partial charge in [0.15, 0.2) is 0 Å². The molecule has 1 aliphatic heterocycles. The van der Waals surface area contributed by atoms with Crippen LogP contribution in [0.25, 0.3) is 0 Å². The van der Waals surface area contributed by atoms with Gasteiger partial charge in [-0.15, -0.1) is 11.3 Å². The third-order valence-corrected chi connectivity index (χ3v) is 5.15. The number of halogens is 1. The number of nitrogen functional groups attached to an aromatic ring is 1. The zero-order valence-corrected chi connectivity index (χ0v) is 13.5. The van der Waals surface area contributed by atoms with E-state index in [4.69, 9.17) is 5.73 Å². The third-order valence-electron chi connectivity index (χ3n) is 3.47. The number of hydrogen-bond donors (Lipinski definition) is 1. The Labute approximate surface area is 131 Å². The summed E-state index contributed by atoms with van der Waals surface area (Å²) in [6.07, 6.45) is 1.73. The molecule has 0 unspecified atom stereocenters. The Hall–Kier alpha value is -1.11. The molecule has 0 bridgehead atoms. The molecule has 20 heavy (non-hydrogen) atoms. The lowest BCUT2D eigenvalue weighted by Crippen LogP contribution is -2.46. The van der Waals surface area contributed by atoms with E-state index in [0.29, 0.717) is 0 Å². The smallest absolute Gasteiger partial charge is 0.128 e. The standard InChI is InChI=1S/C14H17BrN4S/c15-11-7-13(20-10-11)9-18-3-5-19(6-4-18)14-2-1-12(16)8-17-14/h1-2,7-8,10H,3-6,9,16H2. The summed E-state index contributed by atoms with van der Waals surface area (Å²) in [5, 5.41) is 2.14. The predicted molar refractivity (Wildman–Crippen MR) is 88.2 cm³/mol. The molecule has 0 aromatic carbocycles. The minimum absolute atomic E-state index is 0.718. The highest BCUT2D eigenvalue weighted by atomic mass is 79.9. The molecule has 2 aromatic heterocycles. The first-order valence-corrected chi connectivity index (χ1v) is 8.30. The summed E-state index contributed by atoms with van der Waals surface area (Å²) in [5.74, 6) is 1.03. The van der Waals surface area contributed by atoms with E-state index in [1.807, 2.05) is 23.5 Å². The van der Waals surface area contributed by atoms with Gasteiger partial charge >= 0.3 is 0 Å². The number of nitrogens with two attached hydrogens (primary N) is 1. The normalized spacial score (nSPS) is 16.6. The van der Waals surface area contributed by atoms with E-state index in [9.17, 15) is 0 Å². The van der Waals surface area contributed by atoms with Crippen molar-refractivity contribution in [3.63, 3.8) is 0 Å². The average molecular weight is 353 g/mol. The van der Waals surface area contributed by atoms with E-state index < -0.39 is 0 Å². The minimum Gasteiger partial charge on any atom is -0.397 e. The molecule has 1 fully saturated rings. The highest BCUT2D eigenvalue weighted by molar-refractivity contribution is 9.10. The van der Waals surface area contributed by atoms with Crippen LogP contribution in [-0.4, -0.2) is 36.1 Å². The molecule has 3 heterocycles. The van der Waals surface area contributed by atoms with Crippen LogP contribution < -0.4 is 10.6 Å². The number of rotatable bonds is 3. The molecule has 1 saturated heterocycles. The molecule has 106 valence electrons. The van der Waals surface area contributed by atoms with Gasteiger partial charge in [-0.2, -0.15) is 0 Å². The number of piperazine rings is 1. The van der Waals surface area contributed by atoms with Crippen molar-refractivity contribution in [2.75, 3.05) is 36.8 Å². The number of hydrogen-bond acceptors (Lipinski definition) is 5. The average Bonchev–Trinajstić information content (AvgIpc) is 2.86. The van der Waals surface area contributed by atoms with E-state index in [1.54, 1.807) is 6.20 Å². The minimum atomic E-state index is 0.718. The zero-order valence-electron chi connectivity index (χ0n) is 11.1. The van der Waals surface area contributed by atoms with Crippen molar-refractivity contribution in [3.8, 4) is 0 Å². The van der Waals surface area contributed by atoms with Crippen LogP contribution in [0.2, 0.25) is 0 Å². The summed E-state index contributed by atoms with van der Waals surface area (Å²) in [5.41, 5.74) is 6.39. The number of aromatic nitrogens is 1. The second kappa shape index (κ2) is 6.11. The van der Waals surface area contributed by atoms with E-state index in [1.165, 1.54) is 9.35 Å². The van der Waals surface area contributed by atoms with Gasteiger partial charge in [0.1, 0.15) is 5.82 Å². The molecular weight excluding hydrogens is 336 g/mol. The fraction of sp³-hybridized carbons (Fsp3) is 0.357. The van der Waals surface area contributed by atoms with Crippen molar-refractivity contribution in [2.45, 2.75) is 6.54 Å². The van der Waals surface area contributed by atoms with Crippen molar-refractivity contribution in [2.24, 2.45) is 0 Å². The van der Waals surface area contributed by atoms with E-state index >= 15 is 0 Å². The van der Waals surface area contributed by atoms with Crippen LogP contribution in [0.15, 0.2) is 34.2 Å². The molecule has 4 nitrogen and oxygen atoms in total. The van der Waals surface area contributed by atoms with E-state index in [0.717, 1.165) is 44.2 Å². The monoisotopic (exact) mass is 352 g/mol. The van der Waals surface area contributed by atoms with Gasteiger partial charge in [-0.25, -0.2) is 4.98 Å². The maximum atomic E-state index is 5.67. The summed E-state index contributed by atoms with van der Waals surface area (Å²) < 4.78 is 1.18. The maximum absolute atomic E-state index is 5.67. The molecule has 0 radical (unpaired) electrons. The maximum Gasteiger partial charge on any atom is 0.128 e. The van der Waals surface area contributed by atoms with E-state index in [-0.39, 0.29) is 0 Å². The van der Waals surface area contributed by atoms with Gasteiger partial charge in [-0.3, -0.25) is 4.90 Å². The molecule has 0 spiro atoms. The highest BCUT2D eigenvalue weighted by Crippen LogP contribution is 2.22. The molecule has 0 aliphatic carbocycles. The van der Waals surface area contributed by atoms with Gasteiger partial charge in [-0.1, -0.05) is 0 Å². The molecule has 0 amide bonds. The van der Waals surface area contributed by atoms with Gasteiger partial charge in [-0.05, 0) is 34.1 Å². The number of pyridine rings is 1. The van der Waals surface area contributed by atoms with Crippen LogP contribution in [0.1, 0.15) is 4.88 Å². The van der Waals surface area contributed by atoms with Crippen LogP contribution in [0.3, 0.4) is 0 Å². The second-order valence-corrected chi connectivity index (χ2v) is 6.86. The Bertz CT molecular complexity index is 561. The van der Waals surface area contributed by atoms with Gasteiger partial charge in [0, 0.05) is 47.5 Å². The van der Waals surface area contributed by atoms with Crippen LogP contribution in [0.4, 0.5) is 11.5 Å². The van der Waals surface area contributed by atoms with Gasteiger partial charge in [0.2, 0.25) is 0 Å². The SMILES string of the molecule is Nc1ccc(N2CCN(Cc3cc(Br)cs3)CC2)nc1. The summed E-state index contributed by atoms with van der Waals surface area (Å²) in [4.78, 5) is 10.6. The molecular formula is C14H17BrN4S. The lowest BCUT2D eigenvalue weighted by molar-refractivity contribution is 0.251. The third kappa shape index (κ3) is 3.31. The first-order chi connectivity index (χ1) is 9.70. The quantitative estimate of drug-likeness (QED) is 0.922. The Kier molecular flexibility index (Phi) is 4.24. The molecule has 3 rings (SSSR count). The highest BCUT2D eigenvalue weighted by Gasteiger charge is 2.18. The van der Waals surface area contributed by atoms with Crippen molar-refractivity contribution in [3.05, 3.63) is 39.1 Å². The number of anilines is 2. The molecule has 6 heteroatoms. The van der Waals surface area contributed by atoms with Gasteiger partial charge in [0.05, 0.1) is 11.9 Å². The van der Waals surface area contributed by atoms with E-state index in [2.05, 4.69) is 42.2 Å². The van der Waals surface area contributed by atoms with Gasteiger partial charge in [0.25, 0.3) is 0 Å². The van der Waals surface area contributed by atoms with Crippen molar-refractivity contribution in [1.82, 2.24) is 9.88 Å². The molecule has 2 aromatic rings.